The van der Waals surface area contributed by atoms with Crippen LogP contribution in [0.5, 0.6) is 0 Å². The first-order valence-corrected chi connectivity index (χ1v) is 8.70. The van der Waals surface area contributed by atoms with E-state index in [1.807, 2.05) is 49.4 Å². The van der Waals surface area contributed by atoms with E-state index in [0.717, 1.165) is 22.3 Å². The largest absolute Gasteiger partial charge is 0.465 e. The fourth-order valence-corrected chi connectivity index (χ4v) is 2.83. The number of hydrogen-bond donors (Lipinski definition) is 1. The lowest BCUT2D eigenvalue weighted by Gasteiger charge is -2.10. The zero-order chi connectivity index (χ0) is 19.2. The van der Waals surface area contributed by atoms with Crippen LogP contribution in [0.3, 0.4) is 0 Å². The van der Waals surface area contributed by atoms with Crippen LogP contribution in [0.15, 0.2) is 72.8 Å². The van der Waals surface area contributed by atoms with Gasteiger partial charge in [-0.05, 0) is 41.3 Å². The zero-order valence-corrected chi connectivity index (χ0v) is 15.4. The maximum absolute atomic E-state index is 12.4. The van der Waals surface area contributed by atoms with Crippen LogP contribution in [0.4, 0.5) is 5.69 Å². The highest BCUT2D eigenvalue weighted by Crippen LogP contribution is 2.21. The average molecular weight is 359 g/mol. The van der Waals surface area contributed by atoms with E-state index in [4.69, 9.17) is 4.74 Å². The van der Waals surface area contributed by atoms with Gasteiger partial charge in [0.25, 0.3) is 0 Å². The minimum atomic E-state index is -0.429. The Kier molecular flexibility index (Phi) is 5.67. The van der Waals surface area contributed by atoms with Gasteiger partial charge in [-0.15, -0.1) is 0 Å². The van der Waals surface area contributed by atoms with E-state index in [1.165, 1.54) is 7.11 Å². The fraction of sp³-hybridized carbons (Fsp3) is 0.130. The number of carbonyl (C=O) groups is 2. The summed E-state index contributed by atoms with van der Waals surface area (Å²) in [5, 5.41) is 2.88. The molecule has 0 saturated carbocycles. The van der Waals surface area contributed by atoms with Gasteiger partial charge >= 0.3 is 5.97 Å². The van der Waals surface area contributed by atoms with Crippen molar-refractivity contribution in [3.05, 3.63) is 89.5 Å². The second-order valence-corrected chi connectivity index (χ2v) is 6.31. The maximum Gasteiger partial charge on any atom is 0.337 e. The topological polar surface area (TPSA) is 55.4 Å². The minimum absolute atomic E-state index is 0.132. The van der Waals surface area contributed by atoms with Crippen molar-refractivity contribution >= 4 is 17.6 Å². The first-order valence-electron chi connectivity index (χ1n) is 8.70. The molecule has 0 aliphatic carbocycles. The van der Waals surface area contributed by atoms with Crippen LogP contribution in [0, 0.1) is 6.92 Å². The van der Waals surface area contributed by atoms with E-state index < -0.39 is 5.97 Å². The Morgan fingerprint density at radius 2 is 1.56 bits per heavy atom. The molecular formula is C23H21NO3. The highest BCUT2D eigenvalue weighted by Gasteiger charge is 2.11. The van der Waals surface area contributed by atoms with Gasteiger partial charge in [-0.25, -0.2) is 4.79 Å². The molecule has 0 spiro atoms. The van der Waals surface area contributed by atoms with Crippen molar-refractivity contribution in [3.8, 4) is 11.1 Å². The summed E-state index contributed by atoms with van der Waals surface area (Å²) in [4.78, 5) is 24.1. The summed E-state index contributed by atoms with van der Waals surface area (Å²) in [6, 6.07) is 23.1. The third-order valence-electron chi connectivity index (χ3n) is 4.36. The number of aryl methyl sites for hydroxylation is 1. The fourth-order valence-electron chi connectivity index (χ4n) is 2.83. The Hall–Kier alpha value is -3.40. The number of benzene rings is 3. The molecule has 0 heterocycles. The molecule has 0 bridgehead atoms. The Balaban J connectivity index is 1.68. The van der Waals surface area contributed by atoms with Crippen LogP contribution in [-0.2, 0) is 16.0 Å². The van der Waals surface area contributed by atoms with Crippen LogP contribution in [0.2, 0.25) is 0 Å². The summed E-state index contributed by atoms with van der Waals surface area (Å²) >= 11 is 0. The Morgan fingerprint density at radius 1 is 0.889 bits per heavy atom. The molecule has 0 aromatic heterocycles. The second-order valence-electron chi connectivity index (χ2n) is 6.31. The molecular weight excluding hydrogens is 338 g/mol. The monoisotopic (exact) mass is 359 g/mol. The van der Waals surface area contributed by atoms with Gasteiger partial charge in [-0.3, -0.25) is 4.79 Å². The number of amides is 1. The minimum Gasteiger partial charge on any atom is -0.465 e. The highest BCUT2D eigenvalue weighted by atomic mass is 16.5. The van der Waals surface area contributed by atoms with Gasteiger partial charge in [0.2, 0.25) is 5.91 Å². The quantitative estimate of drug-likeness (QED) is 0.676. The van der Waals surface area contributed by atoms with Crippen LogP contribution in [0.1, 0.15) is 21.5 Å². The summed E-state index contributed by atoms with van der Waals surface area (Å²) in [5.41, 5.74) is 5.09. The van der Waals surface area contributed by atoms with E-state index in [0.29, 0.717) is 11.3 Å². The summed E-state index contributed by atoms with van der Waals surface area (Å²) in [6.07, 6.45) is 0.261. The molecule has 4 heteroatoms. The number of rotatable bonds is 5. The number of carbonyl (C=O) groups excluding carboxylic acids is 2. The number of nitrogens with one attached hydrogen (secondary N) is 1. The van der Waals surface area contributed by atoms with Gasteiger partial charge < -0.3 is 10.1 Å². The lowest BCUT2D eigenvalue weighted by molar-refractivity contribution is -0.115. The molecule has 0 fully saturated rings. The SMILES string of the molecule is COC(=O)c1ccc(C)c(NC(=O)Cc2ccc(-c3ccccc3)cc2)c1. The van der Waals surface area contributed by atoms with Crippen molar-refractivity contribution in [2.45, 2.75) is 13.3 Å². The van der Waals surface area contributed by atoms with Gasteiger partial charge in [0.1, 0.15) is 0 Å². The third kappa shape index (κ3) is 4.61. The molecule has 0 unspecified atom stereocenters. The lowest BCUT2D eigenvalue weighted by atomic mass is 10.0. The molecule has 3 aromatic carbocycles. The molecule has 0 saturated heterocycles. The summed E-state index contributed by atoms with van der Waals surface area (Å²) in [6.45, 7) is 1.88. The molecule has 1 amide bonds. The van der Waals surface area contributed by atoms with Crippen molar-refractivity contribution < 1.29 is 14.3 Å². The third-order valence-corrected chi connectivity index (χ3v) is 4.36. The number of methoxy groups -OCH3 is 1. The lowest BCUT2D eigenvalue weighted by Crippen LogP contribution is -2.15. The Labute approximate surface area is 158 Å². The summed E-state index contributed by atoms with van der Waals surface area (Å²) in [7, 11) is 1.33. The molecule has 136 valence electrons. The predicted octanol–water partition coefficient (Wildman–Crippen LogP) is 4.63. The van der Waals surface area contributed by atoms with Gasteiger partial charge in [0.05, 0.1) is 19.1 Å². The molecule has 0 aliphatic heterocycles. The van der Waals surface area contributed by atoms with Gasteiger partial charge in [-0.2, -0.15) is 0 Å². The van der Waals surface area contributed by atoms with Crippen molar-refractivity contribution in [3.63, 3.8) is 0 Å². The standard InChI is InChI=1S/C23H21NO3/c1-16-8-11-20(23(26)27-2)15-21(16)24-22(25)14-17-9-12-19(13-10-17)18-6-4-3-5-7-18/h3-13,15H,14H2,1-2H3,(H,24,25). The van der Waals surface area contributed by atoms with Gasteiger partial charge in [-0.1, -0.05) is 60.7 Å². The van der Waals surface area contributed by atoms with E-state index in [1.54, 1.807) is 18.2 Å². The van der Waals surface area contributed by atoms with E-state index >= 15 is 0 Å². The molecule has 0 atom stereocenters. The van der Waals surface area contributed by atoms with Crippen molar-refractivity contribution in [1.29, 1.82) is 0 Å². The second kappa shape index (κ2) is 8.32. The number of hydrogen-bond acceptors (Lipinski definition) is 3. The van der Waals surface area contributed by atoms with Crippen LogP contribution >= 0.6 is 0 Å². The average Bonchev–Trinajstić information content (AvgIpc) is 2.70. The molecule has 0 aliphatic rings. The van der Waals surface area contributed by atoms with Crippen LogP contribution in [0.25, 0.3) is 11.1 Å². The smallest absolute Gasteiger partial charge is 0.337 e. The zero-order valence-electron chi connectivity index (χ0n) is 15.4. The van der Waals surface area contributed by atoms with Crippen LogP contribution in [-0.4, -0.2) is 19.0 Å². The molecule has 0 radical (unpaired) electrons. The number of esters is 1. The molecule has 3 aromatic rings. The van der Waals surface area contributed by atoms with Crippen molar-refractivity contribution in [1.82, 2.24) is 0 Å². The summed E-state index contributed by atoms with van der Waals surface area (Å²) < 4.78 is 4.73. The highest BCUT2D eigenvalue weighted by molar-refractivity contribution is 5.96. The summed E-state index contributed by atoms with van der Waals surface area (Å²) in [5.74, 6) is -0.561. The molecule has 27 heavy (non-hydrogen) atoms. The van der Waals surface area contributed by atoms with E-state index in [2.05, 4.69) is 17.4 Å². The van der Waals surface area contributed by atoms with Crippen molar-refractivity contribution in [2.75, 3.05) is 12.4 Å². The maximum atomic E-state index is 12.4. The van der Waals surface area contributed by atoms with Gasteiger partial charge in [0.15, 0.2) is 0 Å². The Morgan fingerprint density at radius 3 is 2.22 bits per heavy atom. The molecule has 4 nitrogen and oxygen atoms in total. The first-order chi connectivity index (χ1) is 13.1. The number of ether oxygens (including phenoxy) is 1. The van der Waals surface area contributed by atoms with E-state index in [9.17, 15) is 9.59 Å². The van der Waals surface area contributed by atoms with Crippen LogP contribution < -0.4 is 5.32 Å². The first kappa shape index (κ1) is 18.4. The van der Waals surface area contributed by atoms with Crippen molar-refractivity contribution in [2.24, 2.45) is 0 Å². The van der Waals surface area contributed by atoms with Gasteiger partial charge in [0, 0.05) is 5.69 Å². The number of anilines is 1. The van der Waals surface area contributed by atoms with E-state index in [-0.39, 0.29) is 12.3 Å². The predicted molar refractivity (Wildman–Crippen MR) is 107 cm³/mol. The Bertz CT molecular complexity index is 947. The molecule has 1 N–H and O–H groups in total. The molecule has 3 rings (SSSR count). The normalized spacial score (nSPS) is 10.3.